The number of rotatable bonds is 6. The molecule has 2 aromatic heterocycles. The van der Waals surface area contributed by atoms with Gasteiger partial charge in [-0.1, -0.05) is 5.21 Å². The molecule has 0 radical (unpaired) electrons. The molecule has 0 aliphatic heterocycles. The summed E-state index contributed by atoms with van der Waals surface area (Å²) >= 11 is 0. The van der Waals surface area contributed by atoms with Crippen LogP contribution < -0.4 is 5.73 Å². The SMILES string of the molecule is CCOC(=O)Cc1nnn(-c2nonc2N)c1C(=O)OCC. The Labute approximate surface area is 124 Å². The van der Waals surface area contributed by atoms with E-state index in [9.17, 15) is 9.59 Å². The highest BCUT2D eigenvalue weighted by molar-refractivity contribution is 5.90. The van der Waals surface area contributed by atoms with Crippen LogP contribution >= 0.6 is 0 Å². The quantitative estimate of drug-likeness (QED) is 0.693. The van der Waals surface area contributed by atoms with Gasteiger partial charge < -0.3 is 15.2 Å². The topological polar surface area (TPSA) is 148 Å². The number of hydrogen-bond donors (Lipinski definition) is 1. The molecule has 0 atom stereocenters. The van der Waals surface area contributed by atoms with Crippen molar-refractivity contribution in [2.75, 3.05) is 18.9 Å². The van der Waals surface area contributed by atoms with Crippen LogP contribution in [0, 0.1) is 0 Å². The van der Waals surface area contributed by atoms with Crippen molar-refractivity contribution in [3.05, 3.63) is 11.4 Å². The minimum Gasteiger partial charge on any atom is -0.466 e. The Bertz CT molecular complexity index is 678. The van der Waals surface area contributed by atoms with Gasteiger partial charge in [0, 0.05) is 0 Å². The lowest BCUT2D eigenvalue weighted by atomic mass is 10.2. The van der Waals surface area contributed by atoms with Crippen LogP contribution in [-0.2, 0) is 20.7 Å². The van der Waals surface area contributed by atoms with Crippen molar-refractivity contribution in [3.63, 3.8) is 0 Å². The summed E-state index contributed by atoms with van der Waals surface area (Å²) in [6.45, 7) is 3.66. The summed E-state index contributed by atoms with van der Waals surface area (Å²) in [4.78, 5) is 23.7. The number of anilines is 1. The van der Waals surface area contributed by atoms with Crippen molar-refractivity contribution in [2.24, 2.45) is 0 Å². The summed E-state index contributed by atoms with van der Waals surface area (Å²) in [7, 11) is 0. The highest BCUT2D eigenvalue weighted by atomic mass is 16.6. The summed E-state index contributed by atoms with van der Waals surface area (Å²) in [5.74, 6) is -1.38. The molecule has 0 aliphatic rings. The largest absolute Gasteiger partial charge is 0.466 e. The second-order valence-electron chi connectivity index (χ2n) is 3.97. The summed E-state index contributed by atoms with van der Waals surface area (Å²) in [6.07, 6.45) is -0.243. The van der Waals surface area contributed by atoms with E-state index in [2.05, 4.69) is 25.3 Å². The third kappa shape index (κ3) is 3.02. The first-order chi connectivity index (χ1) is 10.6. The minimum atomic E-state index is -0.728. The van der Waals surface area contributed by atoms with E-state index in [0.717, 1.165) is 4.68 Å². The molecule has 11 nitrogen and oxygen atoms in total. The van der Waals surface area contributed by atoms with Gasteiger partial charge in [0.15, 0.2) is 5.69 Å². The Morgan fingerprint density at radius 2 is 1.95 bits per heavy atom. The van der Waals surface area contributed by atoms with E-state index in [4.69, 9.17) is 15.2 Å². The van der Waals surface area contributed by atoms with Gasteiger partial charge in [-0.3, -0.25) is 4.79 Å². The first-order valence-electron chi connectivity index (χ1n) is 6.44. The van der Waals surface area contributed by atoms with E-state index in [0.29, 0.717) is 0 Å². The van der Waals surface area contributed by atoms with Crippen molar-refractivity contribution in [2.45, 2.75) is 20.3 Å². The summed E-state index contributed by atoms with van der Waals surface area (Å²) in [6, 6.07) is 0. The van der Waals surface area contributed by atoms with Crippen molar-refractivity contribution in [3.8, 4) is 5.82 Å². The van der Waals surface area contributed by atoms with E-state index in [-0.39, 0.29) is 42.7 Å². The third-order valence-corrected chi connectivity index (χ3v) is 2.52. The Morgan fingerprint density at radius 3 is 2.55 bits per heavy atom. The maximum Gasteiger partial charge on any atom is 0.359 e. The molecule has 2 rings (SSSR count). The van der Waals surface area contributed by atoms with Gasteiger partial charge in [0.25, 0.3) is 0 Å². The third-order valence-electron chi connectivity index (χ3n) is 2.52. The first kappa shape index (κ1) is 15.4. The lowest BCUT2D eigenvalue weighted by Gasteiger charge is -2.05. The van der Waals surface area contributed by atoms with Crippen LogP contribution in [0.3, 0.4) is 0 Å². The molecule has 0 amide bonds. The van der Waals surface area contributed by atoms with Crippen LogP contribution in [0.1, 0.15) is 30.0 Å². The zero-order chi connectivity index (χ0) is 16.1. The van der Waals surface area contributed by atoms with Gasteiger partial charge in [-0.15, -0.1) is 5.10 Å². The second-order valence-corrected chi connectivity index (χ2v) is 3.97. The fourth-order valence-electron chi connectivity index (χ4n) is 1.67. The molecule has 0 unspecified atom stereocenters. The van der Waals surface area contributed by atoms with Crippen molar-refractivity contribution >= 4 is 17.8 Å². The first-order valence-corrected chi connectivity index (χ1v) is 6.44. The average Bonchev–Trinajstić information content (AvgIpc) is 3.05. The molecule has 0 fully saturated rings. The molecular weight excluding hydrogens is 296 g/mol. The molecule has 2 N–H and O–H groups in total. The zero-order valence-electron chi connectivity index (χ0n) is 12.0. The second kappa shape index (κ2) is 6.65. The minimum absolute atomic E-state index is 0.0225. The fraction of sp³-hybridized carbons (Fsp3) is 0.455. The van der Waals surface area contributed by atoms with Crippen LogP contribution in [-0.4, -0.2) is 50.5 Å². The van der Waals surface area contributed by atoms with Crippen LogP contribution in [0.2, 0.25) is 0 Å². The molecule has 22 heavy (non-hydrogen) atoms. The number of nitrogen functional groups attached to an aromatic ring is 1. The van der Waals surface area contributed by atoms with Crippen molar-refractivity contribution in [1.82, 2.24) is 25.3 Å². The molecular formula is C11H14N6O5. The molecule has 2 heterocycles. The number of hydrogen-bond acceptors (Lipinski definition) is 10. The molecule has 0 spiro atoms. The lowest BCUT2D eigenvalue weighted by molar-refractivity contribution is -0.142. The van der Waals surface area contributed by atoms with E-state index in [1.165, 1.54) is 0 Å². The van der Waals surface area contributed by atoms with Crippen LogP contribution in [0.25, 0.3) is 5.82 Å². The van der Waals surface area contributed by atoms with E-state index >= 15 is 0 Å². The number of carbonyl (C=O) groups is 2. The normalized spacial score (nSPS) is 10.5. The summed E-state index contributed by atoms with van der Waals surface area (Å²) in [5, 5.41) is 14.5. The van der Waals surface area contributed by atoms with Gasteiger partial charge in [-0.25, -0.2) is 9.42 Å². The van der Waals surface area contributed by atoms with Gasteiger partial charge in [0.2, 0.25) is 11.6 Å². The van der Waals surface area contributed by atoms with Crippen LogP contribution in [0.15, 0.2) is 4.63 Å². The van der Waals surface area contributed by atoms with Gasteiger partial charge in [0.05, 0.1) is 19.6 Å². The number of nitrogens with two attached hydrogens (primary N) is 1. The van der Waals surface area contributed by atoms with Crippen LogP contribution in [0.5, 0.6) is 0 Å². The molecule has 0 saturated carbocycles. The van der Waals surface area contributed by atoms with Gasteiger partial charge in [0.1, 0.15) is 5.69 Å². The summed E-state index contributed by atoms with van der Waals surface area (Å²) < 4.78 is 15.2. The number of ether oxygens (including phenoxy) is 2. The standard InChI is InChI=1S/C11H14N6O5/c1-3-20-7(18)5-6-8(11(19)21-4-2)17(16-13-6)10-9(12)14-22-15-10/h3-5H2,1-2H3,(H2,12,14). The van der Waals surface area contributed by atoms with Crippen LogP contribution in [0.4, 0.5) is 5.82 Å². The van der Waals surface area contributed by atoms with E-state index in [1.54, 1.807) is 13.8 Å². The van der Waals surface area contributed by atoms with Crippen molar-refractivity contribution in [1.29, 1.82) is 0 Å². The fourth-order valence-corrected chi connectivity index (χ4v) is 1.67. The van der Waals surface area contributed by atoms with E-state index in [1.807, 2.05) is 0 Å². The number of esters is 2. The molecule has 2 aromatic rings. The molecule has 0 aliphatic carbocycles. The Kier molecular flexibility index (Phi) is 4.66. The van der Waals surface area contributed by atoms with Gasteiger partial charge in [-0.05, 0) is 24.2 Å². The number of carbonyl (C=O) groups excluding carboxylic acids is 2. The number of nitrogens with zero attached hydrogens (tertiary/aromatic N) is 5. The van der Waals surface area contributed by atoms with Gasteiger partial charge in [-0.2, -0.15) is 4.68 Å². The average molecular weight is 310 g/mol. The Balaban J connectivity index is 2.42. The predicted octanol–water partition coefficient (Wildman–Crippen LogP) is -0.485. The maximum absolute atomic E-state index is 12.1. The lowest BCUT2D eigenvalue weighted by Crippen LogP contribution is -2.17. The smallest absolute Gasteiger partial charge is 0.359 e. The molecule has 0 saturated heterocycles. The molecule has 118 valence electrons. The summed E-state index contributed by atoms with van der Waals surface area (Å²) in [5.41, 5.74) is 5.57. The molecule has 11 heteroatoms. The monoisotopic (exact) mass is 310 g/mol. The number of aromatic nitrogens is 5. The highest BCUT2D eigenvalue weighted by Crippen LogP contribution is 2.17. The van der Waals surface area contributed by atoms with Gasteiger partial charge >= 0.3 is 11.9 Å². The zero-order valence-corrected chi connectivity index (χ0v) is 12.0. The molecule has 0 aromatic carbocycles. The highest BCUT2D eigenvalue weighted by Gasteiger charge is 2.27. The van der Waals surface area contributed by atoms with E-state index < -0.39 is 11.9 Å². The predicted molar refractivity (Wildman–Crippen MR) is 69.9 cm³/mol. The Morgan fingerprint density at radius 1 is 1.23 bits per heavy atom. The molecule has 0 bridgehead atoms. The Hall–Kier alpha value is -2.98. The maximum atomic E-state index is 12.1. The van der Waals surface area contributed by atoms with Crippen molar-refractivity contribution < 1.29 is 23.7 Å².